The maximum absolute atomic E-state index is 12.5. The molecule has 0 aliphatic rings. The SMILES string of the molecule is CC(F)(F)c1ccc(CO)s1. The first-order chi connectivity index (χ1) is 5.04. The fourth-order valence-electron chi connectivity index (χ4n) is 0.699. The lowest BCUT2D eigenvalue weighted by Crippen LogP contribution is -2.02. The minimum atomic E-state index is -2.78. The van der Waals surface area contributed by atoms with Gasteiger partial charge < -0.3 is 5.11 Å². The highest BCUT2D eigenvalue weighted by Crippen LogP contribution is 2.32. The normalized spacial score (nSPS) is 12.0. The van der Waals surface area contributed by atoms with Crippen LogP contribution in [0.5, 0.6) is 0 Å². The van der Waals surface area contributed by atoms with Crippen LogP contribution in [0.3, 0.4) is 0 Å². The Hall–Kier alpha value is -0.480. The average molecular weight is 178 g/mol. The molecule has 1 rings (SSSR count). The third kappa shape index (κ3) is 1.97. The molecule has 0 saturated heterocycles. The van der Waals surface area contributed by atoms with Gasteiger partial charge in [0.1, 0.15) is 0 Å². The summed E-state index contributed by atoms with van der Waals surface area (Å²) in [5, 5.41) is 8.58. The van der Waals surface area contributed by atoms with Crippen LogP contribution < -0.4 is 0 Å². The molecule has 0 saturated carbocycles. The van der Waals surface area contributed by atoms with E-state index >= 15 is 0 Å². The van der Waals surface area contributed by atoms with Crippen molar-refractivity contribution in [1.29, 1.82) is 0 Å². The second-order valence-electron chi connectivity index (χ2n) is 2.31. The number of aliphatic hydroxyl groups excluding tert-OH is 1. The van der Waals surface area contributed by atoms with E-state index in [1.807, 2.05) is 0 Å². The molecule has 1 aromatic heterocycles. The highest BCUT2D eigenvalue weighted by atomic mass is 32.1. The standard InChI is InChI=1S/C7H8F2OS/c1-7(8,9)6-3-2-5(4-10)11-6/h2-3,10H,4H2,1H3. The van der Waals surface area contributed by atoms with Crippen molar-refractivity contribution in [3.05, 3.63) is 21.9 Å². The zero-order valence-electron chi connectivity index (χ0n) is 5.97. The summed E-state index contributed by atoms with van der Waals surface area (Å²) < 4.78 is 25.1. The zero-order valence-corrected chi connectivity index (χ0v) is 6.79. The first-order valence-electron chi connectivity index (χ1n) is 3.12. The lowest BCUT2D eigenvalue weighted by atomic mass is 10.3. The molecule has 1 nitrogen and oxygen atoms in total. The first kappa shape index (κ1) is 8.62. The molecule has 0 fully saturated rings. The number of thiophene rings is 1. The van der Waals surface area contributed by atoms with E-state index in [4.69, 9.17) is 5.11 Å². The molecule has 0 atom stereocenters. The highest BCUT2D eigenvalue weighted by Gasteiger charge is 2.25. The maximum Gasteiger partial charge on any atom is 0.279 e. The van der Waals surface area contributed by atoms with Crippen molar-refractivity contribution in [1.82, 2.24) is 0 Å². The van der Waals surface area contributed by atoms with Gasteiger partial charge in [-0.25, -0.2) is 8.78 Å². The molecule has 0 aliphatic carbocycles. The third-order valence-electron chi connectivity index (χ3n) is 1.25. The molecular formula is C7H8F2OS. The van der Waals surface area contributed by atoms with E-state index in [0.29, 0.717) is 4.88 Å². The monoisotopic (exact) mass is 178 g/mol. The molecular weight excluding hydrogens is 170 g/mol. The summed E-state index contributed by atoms with van der Waals surface area (Å²) in [6.07, 6.45) is 0. The van der Waals surface area contributed by atoms with Crippen LogP contribution in [0.25, 0.3) is 0 Å². The number of alkyl halides is 2. The highest BCUT2D eigenvalue weighted by molar-refractivity contribution is 7.12. The van der Waals surface area contributed by atoms with Crippen molar-refractivity contribution in [2.75, 3.05) is 0 Å². The second kappa shape index (κ2) is 2.87. The van der Waals surface area contributed by atoms with Gasteiger partial charge in [0.15, 0.2) is 0 Å². The summed E-state index contributed by atoms with van der Waals surface area (Å²) in [6.45, 7) is 0.681. The molecule has 0 radical (unpaired) electrons. The van der Waals surface area contributed by atoms with Crippen LogP contribution in [0.15, 0.2) is 12.1 Å². The summed E-state index contributed by atoms with van der Waals surface area (Å²) in [4.78, 5) is 0.572. The minimum absolute atomic E-state index is 0.00144. The fraction of sp³-hybridized carbons (Fsp3) is 0.429. The van der Waals surface area contributed by atoms with Crippen LogP contribution in [-0.4, -0.2) is 5.11 Å². The number of hydrogen-bond donors (Lipinski definition) is 1. The molecule has 0 spiro atoms. The predicted octanol–water partition coefficient (Wildman–Crippen LogP) is 2.35. The summed E-state index contributed by atoms with van der Waals surface area (Å²) in [5.74, 6) is -2.78. The van der Waals surface area contributed by atoms with Crippen LogP contribution in [0, 0.1) is 0 Å². The van der Waals surface area contributed by atoms with Crippen molar-refractivity contribution in [3.8, 4) is 0 Å². The van der Waals surface area contributed by atoms with Gasteiger partial charge in [-0.1, -0.05) is 0 Å². The number of halogens is 2. The summed E-state index contributed by atoms with van der Waals surface area (Å²) >= 11 is 0.940. The molecule has 0 bridgehead atoms. The number of aliphatic hydroxyl groups is 1. The molecule has 0 aliphatic heterocycles. The quantitative estimate of drug-likeness (QED) is 0.737. The van der Waals surface area contributed by atoms with E-state index in [0.717, 1.165) is 18.3 Å². The third-order valence-corrected chi connectivity index (χ3v) is 2.49. The molecule has 1 heterocycles. The predicted molar refractivity (Wildman–Crippen MR) is 39.8 cm³/mol. The molecule has 1 aromatic rings. The zero-order chi connectivity index (χ0) is 8.48. The summed E-state index contributed by atoms with van der Waals surface area (Å²) in [7, 11) is 0. The number of rotatable bonds is 2. The van der Waals surface area contributed by atoms with Crippen LogP contribution >= 0.6 is 11.3 Å². The Morgan fingerprint density at radius 3 is 2.45 bits per heavy atom. The lowest BCUT2D eigenvalue weighted by molar-refractivity contribution is 0.0215. The molecule has 0 amide bonds. The Labute approximate surface area is 67.3 Å². The van der Waals surface area contributed by atoms with Gasteiger partial charge in [0, 0.05) is 11.8 Å². The van der Waals surface area contributed by atoms with Gasteiger partial charge in [-0.15, -0.1) is 11.3 Å². The van der Waals surface area contributed by atoms with Gasteiger partial charge in [-0.2, -0.15) is 0 Å². The van der Waals surface area contributed by atoms with Crippen LogP contribution in [0.4, 0.5) is 8.78 Å². The largest absolute Gasteiger partial charge is 0.391 e. The van der Waals surface area contributed by atoms with Gasteiger partial charge >= 0.3 is 0 Å². The number of hydrogen-bond acceptors (Lipinski definition) is 2. The van der Waals surface area contributed by atoms with E-state index in [2.05, 4.69) is 0 Å². The topological polar surface area (TPSA) is 20.2 Å². The van der Waals surface area contributed by atoms with Gasteiger partial charge in [0.25, 0.3) is 5.92 Å². The Morgan fingerprint density at radius 2 is 2.18 bits per heavy atom. The Bertz CT molecular complexity index is 239. The van der Waals surface area contributed by atoms with E-state index in [1.54, 1.807) is 0 Å². The minimum Gasteiger partial charge on any atom is -0.391 e. The van der Waals surface area contributed by atoms with E-state index in [9.17, 15) is 8.78 Å². The second-order valence-corrected chi connectivity index (χ2v) is 3.48. The molecule has 0 unspecified atom stereocenters. The van der Waals surface area contributed by atoms with E-state index in [1.165, 1.54) is 12.1 Å². The van der Waals surface area contributed by atoms with Crippen LogP contribution in [-0.2, 0) is 12.5 Å². The molecule has 1 N–H and O–H groups in total. The van der Waals surface area contributed by atoms with Gasteiger partial charge in [0.2, 0.25) is 0 Å². The van der Waals surface area contributed by atoms with Crippen molar-refractivity contribution < 1.29 is 13.9 Å². The Kier molecular flexibility index (Phi) is 2.25. The van der Waals surface area contributed by atoms with Gasteiger partial charge in [-0.05, 0) is 12.1 Å². The lowest BCUT2D eigenvalue weighted by Gasteiger charge is -2.05. The molecule has 0 aromatic carbocycles. The van der Waals surface area contributed by atoms with E-state index in [-0.39, 0.29) is 11.5 Å². The van der Waals surface area contributed by atoms with Gasteiger partial charge in [0.05, 0.1) is 11.5 Å². The smallest absolute Gasteiger partial charge is 0.279 e. The Morgan fingerprint density at radius 1 is 1.55 bits per heavy atom. The van der Waals surface area contributed by atoms with Crippen LogP contribution in [0.2, 0.25) is 0 Å². The summed E-state index contributed by atoms with van der Waals surface area (Å²) in [5.41, 5.74) is 0. The molecule has 62 valence electrons. The van der Waals surface area contributed by atoms with E-state index < -0.39 is 5.92 Å². The van der Waals surface area contributed by atoms with Crippen molar-refractivity contribution in [3.63, 3.8) is 0 Å². The Balaban J connectivity index is 2.89. The molecule has 4 heteroatoms. The van der Waals surface area contributed by atoms with Gasteiger partial charge in [-0.3, -0.25) is 0 Å². The fourth-order valence-corrected chi connectivity index (χ4v) is 1.50. The first-order valence-corrected chi connectivity index (χ1v) is 3.93. The van der Waals surface area contributed by atoms with Crippen molar-refractivity contribution in [2.24, 2.45) is 0 Å². The van der Waals surface area contributed by atoms with Crippen molar-refractivity contribution >= 4 is 11.3 Å². The maximum atomic E-state index is 12.5. The average Bonchev–Trinajstić information content (AvgIpc) is 2.32. The molecule has 11 heavy (non-hydrogen) atoms. The van der Waals surface area contributed by atoms with Crippen molar-refractivity contribution in [2.45, 2.75) is 19.5 Å². The summed E-state index contributed by atoms with van der Waals surface area (Å²) in [6, 6.07) is 2.85. The van der Waals surface area contributed by atoms with Crippen LogP contribution in [0.1, 0.15) is 16.7 Å².